The zero-order valence-corrected chi connectivity index (χ0v) is 12.8. The first kappa shape index (κ1) is 14.4. The SMILES string of the molecule is CC(Cc1cccc(F)c1)Nc1ccc(Cl)cc1Br. The van der Waals surface area contributed by atoms with Crippen molar-refractivity contribution in [3.63, 3.8) is 0 Å². The maximum absolute atomic E-state index is 13.1. The highest BCUT2D eigenvalue weighted by Gasteiger charge is 2.07. The van der Waals surface area contributed by atoms with Crippen LogP contribution in [0.25, 0.3) is 0 Å². The van der Waals surface area contributed by atoms with Gasteiger partial charge < -0.3 is 5.32 Å². The van der Waals surface area contributed by atoms with Gasteiger partial charge in [0.15, 0.2) is 0 Å². The number of halogens is 3. The minimum absolute atomic E-state index is 0.194. The van der Waals surface area contributed by atoms with E-state index in [1.54, 1.807) is 12.1 Å². The summed E-state index contributed by atoms with van der Waals surface area (Å²) in [5.41, 5.74) is 1.96. The maximum atomic E-state index is 13.1. The van der Waals surface area contributed by atoms with E-state index in [0.29, 0.717) is 5.02 Å². The molecule has 4 heteroatoms. The number of benzene rings is 2. The normalized spacial score (nSPS) is 12.2. The Morgan fingerprint density at radius 1 is 1.26 bits per heavy atom. The average molecular weight is 343 g/mol. The molecule has 1 N–H and O–H groups in total. The predicted molar refractivity (Wildman–Crippen MR) is 82.3 cm³/mol. The number of anilines is 1. The van der Waals surface area contributed by atoms with Gasteiger partial charge in [-0.1, -0.05) is 23.7 Å². The molecule has 0 aliphatic heterocycles. The lowest BCUT2D eigenvalue weighted by Gasteiger charge is -2.16. The molecule has 0 aliphatic carbocycles. The predicted octanol–water partition coefficient (Wildman–Crippen LogP) is 5.28. The molecule has 0 fully saturated rings. The highest BCUT2D eigenvalue weighted by atomic mass is 79.9. The molecule has 0 amide bonds. The number of hydrogen-bond acceptors (Lipinski definition) is 1. The maximum Gasteiger partial charge on any atom is 0.123 e. The van der Waals surface area contributed by atoms with Crippen molar-refractivity contribution in [2.75, 3.05) is 5.32 Å². The molecule has 100 valence electrons. The molecule has 2 aromatic carbocycles. The highest BCUT2D eigenvalue weighted by Crippen LogP contribution is 2.26. The van der Waals surface area contributed by atoms with Crippen molar-refractivity contribution in [2.45, 2.75) is 19.4 Å². The summed E-state index contributed by atoms with van der Waals surface area (Å²) in [4.78, 5) is 0. The fourth-order valence-electron chi connectivity index (χ4n) is 1.94. The molecule has 2 aromatic rings. The van der Waals surface area contributed by atoms with Crippen molar-refractivity contribution >= 4 is 33.2 Å². The summed E-state index contributed by atoms with van der Waals surface area (Å²) in [5, 5.41) is 4.07. The number of nitrogens with one attached hydrogen (secondary N) is 1. The second-order valence-electron chi connectivity index (χ2n) is 4.50. The largest absolute Gasteiger partial charge is 0.381 e. The average Bonchev–Trinajstić information content (AvgIpc) is 2.33. The number of hydrogen-bond donors (Lipinski definition) is 1. The summed E-state index contributed by atoms with van der Waals surface area (Å²) in [5.74, 6) is -0.197. The molecule has 0 spiro atoms. The Hall–Kier alpha value is -1.06. The Bertz CT molecular complexity index is 574. The second kappa shape index (κ2) is 6.40. The quantitative estimate of drug-likeness (QED) is 0.796. The molecule has 0 radical (unpaired) electrons. The fraction of sp³-hybridized carbons (Fsp3) is 0.200. The number of rotatable bonds is 4. The van der Waals surface area contributed by atoms with Crippen LogP contribution in [0.3, 0.4) is 0 Å². The lowest BCUT2D eigenvalue weighted by atomic mass is 10.1. The molecule has 0 saturated heterocycles. The van der Waals surface area contributed by atoms with Gasteiger partial charge >= 0.3 is 0 Å². The van der Waals surface area contributed by atoms with Gasteiger partial charge in [0.1, 0.15) is 5.82 Å². The van der Waals surface area contributed by atoms with Crippen molar-refractivity contribution < 1.29 is 4.39 Å². The Morgan fingerprint density at radius 2 is 2.05 bits per heavy atom. The second-order valence-corrected chi connectivity index (χ2v) is 5.79. The first-order valence-corrected chi connectivity index (χ1v) is 7.18. The monoisotopic (exact) mass is 341 g/mol. The van der Waals surface area contributed by atoms with E-state index in [4.69, 9.17) is 11.6 Å². The Balaban J connectivity index is 2.03. The van der Waals surface area contributed by atoms with Gasteiger partial charge in [-0.15, -0.1) is 0 Å². The third kappa shape index (κ3) is 4.22. The molecule has 1 unspecified atom stereocenters. The molecule has 1 atom stereocenters. The van der Waals surface area contributed by atoms with E-state index in [1.807, 2.05) is 24.3 Å². The van der Waals surface area contributed by atoms with Crippen molar-refractivity contribution in [2.24, 2.45) is 0 Å². The first-order valence-electron chi connectivity index (χ1n) is 6.00. The van der Waals surface area contributed by atoms with E-state index in [0.717, 1.165) is 22.1 Å². The van der Waals surface area contributed by atoms with Crippen LogP contribution in [0.15, 0.2) is 46.9 Å². The van der Waals surface area contributed by atoms with E-state index in [1.165, 1.54) is 6.07 Å². The fourth-order valence-corrected chi connectivity index (χ4v) is 2.74. The molecule has 0 aromatic heterocycles. The smallest absolute Gasteiger partial charge is 0.123 e. The summed E-state index contributed by atoms with van der Waals surface area (Å²) >= 11 is 9.37. The van der Waals surface area contributed by atoms with Gasteiger partial charge in [-0.2, -0.15) is 0 Å². The van der Waals surface area contributed by atoms with Crippen LogP contribution in [-0.4, -0.2) is 6.04 Å². The Labute approximate surface area is 125 Å². The van der Waals surface area contributed by atoms with Crippen LogP contribution in [0.1, 0.15) is 12.5 Å². The van der Waals surface area contributed by atoms with Crippen LogP contribution in [0.2, 0.25) is 5.02 Å². The standard InChI is InChI=1S/C15H14BrClFN/c1-10(7-11-3-2-4-13(18)8-11)19-15-6-5-12(17)9-14(15)16/h2-6,8-10,19H,7H2,1H3. The summed E-state index contributed by atoms with van der Waals surface area (Å²) in [7, 11) is 0. The van der Waals surface area contributed by atoms with Gasteiger partial charge in [-0.3, -0.25) is 0 Å². The lowest BCUT2D eigenvalue weighted by molar-refractivity contribution is 0.624. The Morgan fingerprint density at radius 3 is 2.74 bits per heavy atom. The molecule has 19 heavy (non-hydrogen) atoms. The van der Waals surface area contributed by atoms with Gasteiger partial charge in [0.2, 0.25) is 0 Å². The third-order valence-corrected chi connectivity index (χ3v) is 3.66. The van der Waals surface area contributed by atoms with Gasteiger partial charge in [-0.05, 0) is 65.2 Å². The van der Waals surface area contributed by atoms with Gasteiger partial charge in [0, 0.05) is 21.2 Å². The van der Waals surface area contributed by atoms with Crippen molar-refractivity contribution in [1.82, 2.24) is 0 Å². The van der Waals surface area contributed by atoms with E-state index in [9.17, 15) is 4.39 Å². The van der Waals surface area contributed by atoms with E-state index in [-0.39, 0.29) is 11.9 Å². The summed E-state index contributed by atoms with van der Waals surface area (Å²) in [6.07, 6.45) is 0.757. The molecule has 0 bridgehead atoms. The van der Waals surface area contributed by atoms with Crippen LogP contribution in [0.4, 0.5) is 10.1 Å². The van der Waals surface area contributed by atoms with Gasteiger partial charge in [0.25, 0.3) is 0 Å². The minimum atomic E-state index is -0.197. The minimum Gasteiger partial charge on any atom is -0.381 e. The summed E-state index contributed by atoms with van der Waals surface area (Å²) < 4.78 is 14.0. The summed E-state index contributed by atoms with van der Waals surface area (Å²) in [6.45, 7) is 2.06. The molecule has 2 rings (SSSR count). The van der Waals surface area contributed by atoms with Crippen molar-refractivity contribution in [1.29, 1.82) is 0 Å². The van der Waals surface area contributed by atoms with E-state index in [2.05, 4.69) is 28.2 Å². The zero-order chi connectivity index (χ0) is 13.8. The molecular weight excluding hydrogens is 329 g/mol. The first-order chi connectivity index (χ1) is 9.04. The van der Waals surface area contributed by atoms with E-state index < -0.39 is 0 Å². The van der Waals surface area contributed by atoms with Crippen molar-refractivity contribution in [3.05, 3.63) is 63.3 Å². The zero-order valence-electron chi connectivity index (χ0n) is 10.5. The van der Waals surface area contributed by atoms with Crippen LogP contribution in [0, 0.1) is 5.82 Å². The van der Waals surface area contributed by atoms with Crippen LogP contribution in [0.5, 0.6) is 0 Å². The summed E-state index contributed by atoms with van der Waals surface area (Å²) in [6, 6.07) is 12.5. The van der Waals surface area contributed by atoms with Crippen LogP contribution < -0.4 is 5.32 Å². The highest BCUT2D eigenvalue weighted by molar-refractivity contribution is 9.10. The topological polar surface area (TPSA) is 12.0 Å². The van der Waals surface area contributed by atoms with E-state index >= 15 is 0 Å². The molecule has 0 aliphatic rings. The van der Waals surface area contributed by atoms with Crippen LogP contribution in [-0.2, 0) is 6.42 Å². The van der Waals surface area contributed by atoms with Gasteiger partial charge in [0.05, 0.1) is 0 Å². The molecule has 1 nitrogen and oxygen atoms in total. The van der Waals surface area contributed by atoms with Gasteiger partial charge in [-0.25, -0.2) is 4.39 Å². The Kier molecular flexibility index (Phi) is 4.83. The molecule has 0 saturated carbocycles. The third-order valence-electron chi connectivity index (χ3n) is 2.76. The van der Waals surface area contributed by atoms with Crippen molar-refractivity contribution in [3.8, 4) is 0 Å². The molecule has 0 heterocycles. The molecular formula is C15H14BrClFN. The van der Waals surface area contributed by atoms with Crippen LogP contribution >= 0.6 is 27.5 Å². The lowest BCUT2D eigenvalue weighted by Crippen LogP contribution is -2.18.